The molecule has 0 aromatic heterocycles. The molecule has 0 fully saturated rings. The Bertz CT molecular complexity index is 1310. The summed E-state index contributed by atoms with van der Waals surface area (Å²) in [6.07, 6.45) is 0. The van der Waals surface area contributed by atoms with Crippen molar-refractivity contribution in [3.05, 3.63) is 72.8 Å². The molecule has 4 aromatic rings. The standard InChI is InChI=1S/C22H15O5P/c23-14-10-8-13-9-11-19(25)22(17(13)12-14)28(26)21-16(5-3-6-18(21)24)15-4-1-2-7-20(15)27-28/h1-12,23-25H. The summed E-state index contributed by atoms with van der Waals surface area (Å²) < 4.78 is 20.4. The van der Waals surface area contributed by atoms with E-state index in [4.69, 9.17) is 4.52 Å². The van der Waals surface area contributed by atoms with Crippen LogP contribution in [-0.4, -0.2) is 15.3 Å². The topological polar surface area (TPSA) is 87.0 Å². The van der Waals surface area contributed by atoms with E-state index in [0.717, 1.165) is 0 Å². The van der Waals surface area contributed by atoms with E-state index in [2.05, 4.69) is 0 Å². The van der Waals surface area contributed by atoms with Crippen molar-refractivity contribution in [2.45, 2.75) is 0 Å². The van der Waals surface area contributed by atoms with Crippen molar-refractivity contribution < 1.29 is 24.4 Å². The number of phenols is 3. The number of para-hydroxylation sites is 1. The van der Waals surface area contributed by atoms with E-state index in [9.17, 15) is 19.9 Å². The first-order chi connectivity index (χ1) is 13.5. The highest BCUT2D eigenvalue weighted by Gasteiger charge is 2.43. The Kier molecular flexibility index (Phi) is 3.45. The van der Waals surface area contributed by atoms with Crippen LogP contribution in [0.3, 0.4) is 0 Å². The largest absolute Gasteiger partial charge is 0.508 e. The van der Waals surface area contributed by atoms with Gasteiger partial charge in [-0.3, -0.25) is 4.57 Å². The van der Waals surface area contributed by atoms with E-state index in [1.807, 2.05) is 12.1 Å². The van der Waals surface area contributed by atoms with Crippen LogP contribution in [0.15, 0.2) is 72.8 Å². The van der Waals surface area contributed by atoms with Crippen LogP contribution in [0.2, 0.25) is 0 Å². The number of aromatic hydroxyl groups is 3. The van der Waals surface area contributed by atoms with Gasteiger partial charge >= 0.3 is 7.37 Å². The van der Waals surface area contributed by atoms with Gasteiger partial charge in [-0.2, -0.15) is 0 Å². The Balaban J connectivity index is 1.93. The monoisotopic (exact) mass is 390 g/mol. The lowest BCUT2D eigenvalue weighted by Gasteiger charge is -2.30. The Hall–Kier alpha value is -3.43. The molecule has 1 heterocycles. The highest BCUT2D eigenvalue weighted by Crippen LogP contribution is 2.57. The van der Waals surface area contributed by atoms with E-state index in [-0.39, 0.29) is 27.9 Å². The van der Waals surface area contributed by atoms with Crippen LogP contribution in [0.25, 0.3) is 21.9 Å². The second kappa shape index (κ2) is 5.78. The molecule has 1 atom stereocenters. The number of fused-ring (bicyclic) bond motifs is 4. The first-order valence-corrected chi connectivity index (χ1v) is 10.3. The molecule has 138 valence electrons. The van der Waals surface area contributed by atoms with Crippen LogP contribution < -0.4 is 15.1 Å². The Morgan fingerprint density at radius 3 is 2.29 bits per heavy atom. The Labute approximate surface area is 160 Å². The zero-order valence-electron chi connectivity index (χ0n) is 14.5. The maximum absolute atomic E-state index is 14.4. The third-order valence-corrected chi connectivity index (χ3v) is 7.53. The second-order valence-corrected chi connectivity index (χ2v) is 8.83. The van der Waals surface area contributed by atoms with Gasteiger partial charge < -0.3 is 19.8 Å². The minimum atomic E-state index is -3.94. The van der Waals surface area contributed by atoms with Crippen LogP contribution in [0.5, 0.6) is 23.0 Å². The first kappa shape index (κ1) is 16.7. The minimum Gasteiger partial charge on any atom is -0.508 e. The number of hydrogen-bond donors (Lipinski definition) is 3. The molecule has 0 saturated heterocycles. The molecule has 28 heavy (non-hydrogen) atoms. The van der Waals surface area contributed by atoms with Crippen molar-refractivity contribution in [2.75, 3.05) is 0 Å². The van der Waals surface area contributed by atoms with Gasteiger partial charge in [-0.25, -0.2) is 0 Å². The summed E-state index contributed by atoms with van der Waals surface area (Å²) in [6.45, 7) is 0. The van der Waals surface area contributed by atoms with Crippen LogP contribution >= 0.6 is 7.37 Å². The van der Waals surface area contributed by atoms with Gasteiger partial charge in [0.1, 0.15) is 33.6 Å². The molecule has 0 bridgehead atoms. The fourth-order valence-corrected chi connectivity index (χ4v) is 6.38. The normalized spacial score (nSPS) is 17.6. The van der Waals surface area contributed by atoms with Crippen LogP contribution in [0, 0.1) is 0 Å². The average molecular weight is 390 g/mol. The summed E-state index contributed by atoms with van der Waals surface area (Å²) >= 11 is 0. The lowest BCUT2D eigenvalue weighted by atomic mass is 10.0. The SMILES string of the molecule is O=P1(c2c(O)ccc3ccc(O)cc23)Oc2ccccc2-c2cccc(O)c21. The summed E-state index contributed by atoms with van der Waals surface area (Å²) in [4.78, 5) is 0. The fourth-order valence-electron chi connectivity index (χ4n) is 3.76. The molecule has 0 radical (unpaired) electrons. The van der Waals surface area contributed by atoms with E-state index >= 15 is 0 Å². The van der Waals surface area contributed by atoms with Gasteiger partial charge in [0, 0.05) is 16.5 Å². The molecule has 1 aliphatic heterocycles. The molecule has 0 amide bonds. The molecular weight excluding hydrogens is 375 g/mol. The maximum Gasteiger partial charge on any atom is 0.315 e. The predicted octanol–water partition coefficient (Wildman–Crippen LogP) is 4.24. The molecule has 0 aliphatic carbocycles. The summed E-state index contributed by atoms with van der Waals surface area (Å²) in [5, 5.41) is 32.5. The molecule has 1 aliphatic rings. The van der Waals surface area contributed by atoms with Crippen LogP contribution in [-0.2, 0) is 4.57 Å². The van der Waals surface area contributed by atoms with E-state index in [0.29, 0.717) is 27.6 Å². The molecule has 5 rings (SSSR count). The summed E-state index contributed by atoms with van der Waals surface area (Å²) in [5.41, 5.74) is 1.30. The average Bonchev–Trinajstić information content (AvgIpc) is 2.67. The first-order valence-electron chi connectivity index (χ1n) is 8.66. The van der Waals surface area contributed by atoms with Crippen molar-refractivity contribution in [3.63, 3.8) is 0 Å². The third-order valence-electron chi connectivity index (χ3n) is 4.96. The van der Waals surface area contributed by atoms with E-state index < -0.39 is 7.37 Å². The van der Waals surface area contributed by atoms with E-state index in [1.54, 1.807) is 36.4 Å². The van der Waals surface area contributed by atoms with E-state index in [1.165, 1.54) is 24.3 Å². The third kappa shape index (κ3) is 2.23. The molecule has 6 heteroatoms. The fraction of sp³-hybridized carbons (Fsp3) is 0. The van der Waals surface area contributed by atoms with Gasteiger partial charge in [-0.05, 0) is 35.7 Å². The highest BCUT2D eigenvalue weighted by atomic mass is 31.2. The van der Waals surface area contributed by atoms with Crippen molar-refractivity contribution in [1.29, 1.82) is 0 Å². The Morgan fingerprint density at radius 2 is 1.43 bits per heavy atom. The summed E-state index contributed by atoms with van der Waals surface area (Å²) in [6, 6.07) is 19.8. The number of phenolic OH excluding ortho intramolecular Hbond substituents is 3. The lowest BCUT2D eigenvalue weighted by Crippen LogP contribution is -2.26. The minimum absolute atomic E-state index is 0.0270. The molecule has 4 aromatic carbocycles. The quantitative estimate of drug-likeness (QED) is 0.423. The molecule has 1 unspecified atom stereocenters. The van der Waals surface area contributed by atoms with Gasteiger partial charge in [0.25, 0.3) is 0 Å². The summed E-state index contributed by atoms with van der Waals surface area (Å²) in [5.74, 6) is -0.0248. The van der Waals surface area contributed by atoms with Gasteiger partial charge in [0.2, 0.25) is 0 Å². The summed E-state index contributed by atoms with van der Waals surface area (Å²) in [7, 11) is -3.94. The van der Waals surface area contributed by atoms with Crippen molar-refractivity contribution in [2.24, 2.45) is 0 Å². The number of benzene rings is 4. The highest BCUT2D eigenvalue weighted by molar-refractivity contribution is 7.76. The zero-order chi connectivity index (χ0) is 19.5. The zero-order valence-corrected chi connectivity index (χ0v) is 15.4. The number of hydrogen-bond acceptors (Lipinski definition) is 5. The van der Waals surface area contributed by atoms with Crippen molar-refractivity contribution in [3.8, 4) is 34.1 Å². The smallest absolute Gasteiger partial charge is 0.315 e. The molecule has 3 N–H and O–H groups in total. The molecular formula is C22H15O5P. The van der Waals surface area contributed by atoms with Gasteiger partial charge in [-0.15, -0.1) is 0 Å². The van der Waals surface area contributed by atoms with Crippen molar-refractivity contribution in [1.82, 2.24) is 0 Å². The van der Waals surface area contributed by atoms with Gasteiger partial charge in [0.15, 0.2) is 0 Å². The molecule has 0 spiro atoms. The predicted molar refractivity (Wildman–Crippen MR) is 108 cm³/mol. The van der Waals surface area contributed by atoms with Crippen LogP contribution in [0.1, 0.15) is 0 Å². The molecule has 0 saturated carbocycles. The molecule has 5 nitrogen and oxygen atoms in total. The maximum atomic E-state index is 14.4. The number of rotatable bonds is 1. The van der Waals surface area contributed by atoms with Gasteiger partial charge in [0.05, 0.1) is 0 Å². The Morgan fingerprint density at radius 1 is 0.714 bits per heavy atom. The van der Waals surface area contributed by atoms with Crippen LogP contribution in [0.4, 0.5) is 0 Å². The van der Waals surface area contributed by atoms with Gasteiger partial charge in [-0.1, -0.05) is 42.5 Å². The van der Waals surface area contributed by atoms with Crippen molar-refractivity contribution >= 4 is 28.8 Å². The lowest BCUT2D eigenvalue weighted by molar-refractivity contribution is 0.467. The second-order valence-electron chi connectivity index (χ2n) is 6.65.